The Morgan fingerprint density at radius 2 is 1.03 bits per heavy atom. The normalized spacial score (nSPS) is 11.8. The summed E-state index contributed by atoms with van der Waals surface area (Å²) in [5, 5.41) is 7.26. The van der Waals surface area contributed by atoms with Crippen LogP contribution in [-0.4, -0.2) is 14.1 Å². The summed E-state index contributed by atoms with van der Waals surface area (Å²) in [6.07, 6.45) is 2.01. The Kier molecular flexibility index (Phi) is 4.39. The van der Waals surface area contributed by atoms with Crippen LogP contribution in [0.1, 0.15) is 0 Å². The highest BCUT2D eigenvalue weighted by Gasteiger charge is 2.21. The van der Waals surface area contributed by atoms with Crippen LogP contribution in [0.25, 0.3) is 64.9 Å². The lowest BCUT2D eigenvalue weighted by Gasteiger charge is -2.08. The Bertz CT molecular complexity index is 2080. The van der Waals surface area contributed by atoms with Crippen LogP contribution in [0.3, 0.4) is 0 Å². The number of aromatic nitrogens is 3. The number of para-hydroxylation sites is 3. The number of fused-ring (bicyclic) bond motifs is 7. The summed E-state index contributed by atoms with van der Waals surface area (Å²) in [5.41, 5.74) is 7.16. The number of benzene rings is 5. The summed E-state index contributed by atoms with van der Waals surface area (Å²) in [6, 6.07) is 43.1. The van der Waals surface area contributed by atoms with Crippen LogP contribution in [0.4, 0.5) is 0 Å². The van der Waals surface area contributed by atoms with Gasteiger partial charge in [0.25, 0.3) is 0 Å². The lowest BCUT2D eigenvalue weighted by molar-refractivity contribution is 1.18. The van der Waals surface area contributed by atoms with Crippen molar-refractivity contribution in [2.75, 3.05) is 0 Å². The first-order chi connectivity index (χ1) is 18.4. The van der Waals surface area contributed by atoms with Gasteiger partial charge in [-0.25, -0.2) is 4.98 Å². The number of nitrogens with zero attached hydrogens (tertiary/aromatic N) is 3. The fourth-order valence-electron chi connectivity index (χ4n) is 5.69. The standard InChI is InChI=1S/C33H21N3S/c1-3-11-22(12-4-1)33-34-21-30(37-33)36-27-18-10-8-16-25(27)32-29(36)20-19-28-31(32)24-15-7-9-17-26(24)35(28)23-13-5-2-6-14-23/h1-21H. The van der Waals surface area contributed by atoms with Gasteiger partial charge in [-0.05, 0) is 36.4 Å². The smallest absolute Gasteiger partial charge is 0.125 e. The summed E-state index contributed by atoms with van der Waals surface area (Å²) in [4.78, 5) is 4.81. The van der Waals surface area contributed by atoms with Crippen LogP contribution < -0.4 is 0 Å². The largest absolute Gasteiger partial charge is 0.309 e. The minimum absolute atomic E-state index is 1.03. The molecule has 0 radical (unpaired) electrons. The van der Waals surface area contributed by atoms with Gasteiger partial charge >= 0.3 is 0 Å². The Balaban J connectivity index is 1.50. The molecule has 5 aromatic carbocycles. The third-order valence-electron chi connectivity index (χ3n) is 7.22. The number of hydrogen-bond donors (Lipinski definition) is 0. The van der Waals surface area contributed by atoms with E-state index in [1.807, 2.05) is 12.3 Å². The zero-order valence-corrected chi connectivity index (χ0v) is 20.7. The molecule has 0 N–H and O–H groups in total. The lowest BCUT2D eigenvalue weighted by Crippen LogP contribution is -1.93. The van der Waals surface area contributed by atoms with Crippen LogP contribution in [0, 0.1) is 0 Å². The van der Waals surface area contributed by atoms with Crippen molar-refractivity contribution in [1.82, 2.24) is 14.1 Å². The first-order valence-corrected chi connectivity index (χ1v) is 13.2. The van der Waals surface area contributed by atoms with Crippen molar-refractivity contribution < 1.29 is 0 Å². The SMILES string of the molecule is c1ccc(-c2ncc(-n3c4ccccc4c4c5c6ccccc6n(-c6ccccc6)c5ccc43)s2)cc1. The second kappa shape index (κ2) is 7.92. The molecule has 0 aliphatic heterocycles. The van der Waals surface area contributed by atoms with Crippen molar-refractivity contribution in [3.63, 3.8) is 0 Å². The molecule has 37 heavy (non-hydrogen) atoms. The fraction of sp³-hybridized carbons (Fsp3) is 0. The second-order valence-electron chi connectivity index (χ2n) is 9.26. The van der Waals surface area contributed by atoms with E-state index in [4.69, 9.17) is 4.98 Å². The summed E-state index contributed by atoms with van der Waals surface area (Å²) in [5.74, 6) is 0. The van der Waals surface area contributed by atoms with Crippen molar-refractivity contribution >= 4 is 54.9 Å². The van der Waals surface area contributed by atoms with Crippen molar-refractivity contribution in [2.45, 2.75) is 0 Å². The first kappa shape index (κ1) is 20.5. The van der Waals surface area contributed by atoms with Gasteiger partial charge in [0, 0.05) is 32.8 Å². The Morgan fingerprint density at radius 1 is 0.486 bits per heavy atom. The lowest BCUT2D eigenvalue weighted by atomic mass is 10.1. The van der Waals surface area contributed by atoms with E-state index < -0.39 is 0 Å². The van der Waals surface area contributed by atoms with Gasteiger partial charge < -0.3 is 4.57 Å². The average molecular weight is 492 g/mol. The topological polar surface area (TPSA) is 22.8 Å². The molecule has 0 aliphatic rings. The Hall–Kier alpha value is -4.67. The van der Waals surface area contributed by atoms with Gasteiger partial charge in [-0.2, -0.15) is 0 Å². The van der Waals surface area contributed by atoms with E-state index in [0.717, 1.165) is 15.6 Å². The van der Waals surface area contributed by atoms with Gasteiger partial charge in [0.2, 0.25) is 0 Å². The second-order valence-corrected chi connectivity index (χ2v) is 10.3. The van der Waals surface area contributed by atoms with Crippen molar-refractivity contribution in [3.8, 4) is 21.3 Å². The summed E-state index contributed by atoms with van der Waals surface area (Å²) < 4.78 is 4.76. The fourth-order valence-corrected chi connectivity index (χ4v) is 6.64. The molecule has 0 unspecified atom stereocenters. The van der Waals surface area contributed by atoms with E-state index in [2.05, 4.69) is 124 Å². The van der Waals surface area contributed by atoms with Gasteiger partial charge in [-0.3, -0.25) is 4.57 Å². The highest BCUT2D eigenvalue weighted by Crippen LogP contribution is 2.43. The predicted molar refractivity (Wildman–Crippen MR) is 156 cm³/mol. The van der Waals surface area contributed by atoms with E-state index in [1.54, 1.807) is 11.3 Å². The van der Waals surface area contributed by atoms with Crippen molar-refractivity contribution in [2.24, 2.45) is 0 Å². The first-order valence-electron chi connectivity index (χ1n) is 12.4. The maximum absolute atomic E-state index is 4.81. The molecule has 0 fully saturated rings. The summed E-state index contributed by atoms with van der Waals surface area (Å²) >= 11 is 1.73. The third-order valence-corrected chi connectivity index (χ3v) is 8.25. The maximum atomic E-state index is 4.81. The molecule has 0 spiro atoms. The van der Waals surface area contributed by atoms with Crippen LogP contribution in [0.15, 0.2) is 128 Å². The predicted octanol–water partition coefficient (Wildman–Crippen LogP) is 9.00. The van der Waals surface area contributed by atoms with Gasteiger partial charge in [-0.1, -0.05) is 96.3 Å². The minimum atomic E-state index is 1.03. The molecule has 174 valence electrons. The Morgan fingerprint density at radius 3 is 1.70 bits per heavy atom. The van der Waals surface area contributed by atoms with Gasteiger partial charge in [-0.15, -0.1) is 0 Å². The molecular formula is C33H21N3S. The maximum Gasteiger partial charge on any atom is 0.125 e. The van der Waals surface area contributed by atoms with Crippen molar-refractivity contribution in [3.05, 3.63) is 128 Å². The van der Waals surface area contributed by atoms with E-state index in [0.29, 0.717) is 0 Å². The number of rotatable bonds is 3. The molecule has 0 saturated carbocycles. The zero-order chi connectivity index (χ0) is 24.3. The molecule has 8 rings (SSSR count). The highest BCUT2D eigenvalue weighted by molar-refractivity contribution is 7.17. The third kappa shape index (κ3) is 2.97. The summed E-state index contributed by atoms with van der Waals surface area (Å²) in [7, 11) is 0. The molecular weight excluding hydrogens is 470 g/mol. The molecule has 0 amide bonds. The molecule has 0 bridgehead atoms. The van der Waals surface area contributed by atoms with Crippen LogP contribution in [0.5, 0.6) is 0 Å². The van der Waals surface area contributed by atoms with E-state index in [9.17, 15) is 0 Å². The van der Waals surface area contributed by atoms with E-state index in [-0.39, 0.29) is 0 Å². The summed E-state index contributed by atoms with van der Waals surface area (Å²) in [6.45, 7) is 0. The van der Waals surface area contributed by atoms with Gasteiger partial charge in [0.15, 0.2) is 0 Å². The van der Waals surface area contributed by atoms with Crippen LogP contribution in [0.2, 0.25) is 0 Å². The van der Waals surface area contributed by atoms with Gasteiger partial charge in [0.1, 0.15) is 10.0 Å². The molecule has 3 nitrogen and oxygen atoms in total. The highest BCUT2D eigenvalue weighted by atomic mass is 32.1. The Labute approximate surface area is 217 Å². The van der Waals surface area contributed by atoms with Crippen LogP contribution >= 0.6 is 11.3 Å². The average Bonchev–Trinajstić information content (AvgIpc) is 3.66. The molecule has 3 aromatic heterocycles. The molecule has 4 heteroatoms. The molecule has 0 atom stereocenters. The van der Waals surface area contributed by atoms with Gasteiger partial charge in [0.05, 0.1) is 28.3 Å². The minimum Gasteiger partial charge on any atom is -0.309 e. The zero-order valence-electron chi connectivity index (χ0n) is 19.9. The monoisotopic (exact) mass is 491 g/mol. The van der Waals surface area contributed by atoms with E-state index >= 15 is 0 Å². The number of hydrogen-bond acceptors (Lipinski definition) is 2. The number of thiazole rings is 1. The molecule has 0 saturated heterocycles. The van der Waals surface area contributed by atoms with Crippen molar-refractivity contribution in [1.29, 1.82) is 0 Å². The molecule has 8 aromatic rings. The molecule has 0 aliphatic carbocycles. The quantitative estimate of drug-likeness (QED) is 0.242. The molecule has 3 heterocycles. The van der Waals surface area contributed by atoms with Crippen LogP contribution in [-0.2, 0) is 0 Å². The van der Waals surface area contributed by atoms with E-state index in [1.165, 1.54) is 49.3 Å².